The lowest BCUT2D eigenvalue weighted by Crippen LogP contribution is -2.51. The molecule has 0 amide bonds. The number of ether oxygens (including phenoxy) is 3. The van der Waals surface area contributed by atoms with Gasteiger partial charge < -0.3 is 18.4 Å². The Balaban J connectivity index is 2.22. The molecule has 3 rings (SSSR count). The molecular weight excluding hydrogens is 457 g/mol. The maximum atomic E-state index is 12.8. The second-order valence-corrected chi connectivity index (χ2v) is 8.31. The zero-order valence-corrected chi connectivity index (χ0v) is 17.5. The average Bonchev–Trinajstić information content (AvgIpc) is 2.76. The van der Waals surface area contributed by atoms with Gasteiger partial charge in [-0.3, -0.25) is 9.59 Å². The molecule has 2 aromatic carbocycles. The molecule has 0 saturated heterocycles. The molecule has 1 unspecified atom stereocenters. The number of fused-ring (bicyclic) bond motifs is 1. The maximum absolute atomic E-state index is 12.8. The van der Waals surface area contributed by atoms with Crippen LogP contribution in [0, 0.1) is 5.41 Å². The first-order valence-electron chi connectivity index (χ1n) is 8.99. The minimum absolute atomic E-state index is 0.0443. The number of carbonyl (C=O) groups excluding carboxylic acids is 2. The lowest BCUT2D eigenvalue weighted by Gasteiger charge is -2.40. The van der Waals surface area contributed by atoms with Crippen molar-refractivity contribution in [2.45, 2.75) is 18.0 Å². The number of methoxy groups -OCH3 is 2. The van der Waals surface area contributed by atoms with E-state index in [1.54, 1.807) is 18.2 Å². The molecular formula is C20H17F3O8S. The highest BCUT2D eigenvalue weighted by molar-refractivity contribution is 7.88. The van der Waals surface area contributed by atoms with Crippen LogP contribution in [0.3, 0.4) is 0 Å². The number of hydrogen-bond acceptors (Lipinski definition) is 8. The number of benzene rings is 2. The van der Waals surface area contributed by atoms with Crippen LogP contribution in [0.4, 0.5) is 13.2 Å². The minimum atomic E-state index is -6.00. The van der Waals surface area contributed by atoms with Gasteiger partial charge in [0.15, 0.2) is 17.6 Å². The molecule has 0 aliphatic carbocycles. The van der Waals surface area contributed by atoms with E-state index in [4.69, 9.17) is 14.2 Å². The number of rotatable bonds is 5. The summed E-state index contributed by atoms with van der Waals surface area (Å²) in [5.74, 6) is -3.11. The molecule has 0 spiro atoms. The molecule has 32 heavy (non-hydrogen) atoms. The van der Waals surface area contributed by atoms with E-state index in [9.17, 15) is 31.2 Å². The van der Waals surface area contributed by atoms with Crippen LogP contribution in [0.15, 0.2) is 48.5 Å². The fourth-order valence-electron chi connectivity index (χ4n) is 3.46. The summed E-state index contributed by atoms with van der Waals surface area (Å²) in [7, 11) is -3.89. The Morgan fingerprint density at radius 3 is 2.12 bits per heavy atom. The first kappa shape index (κ1) is 23.4. The molecule has 172 valence electrons. The Labute approximate surface area is 181 Å². The molecule has 12 heteroatoms. The maximum Gasteiger partial charge on any atom is 0.534 e. The summed E-state index contributed by atoms with van der Waals surface area (Å²) in [5, 5.41) is 0. The monoisotopic (exact) mass is 474 g/mol. The van der Waals surface area contributed by atoms with Crippen LogP contribution in [-0.2, 0) is 35.6 Å². The molecule has 0 saturated carbocycles. The van der Waals surface area contributed by atoms with Crippen LogP contribution in [-0.4, -0.2) is 40.1 Å². The van der Waals surface area contributed by atoms with E-state index in [1.807, 2.05) is 0 Å². The van der Waals surface area contributed by atoms with Crippen molar-refractivity contribution in [3.63, 3.8) is 0 Å². The van der Waals surface area contributed by atoms with Crippen LogP contribution in [0.25, 0.3) is 0 Å². The zero-order valence-electron chi connectivity index (χ0n) is 16.7. The van der Waals surface area contributed by atoms with Crippen molar-refractivity contribution in [1.82, 2.24) is 0 Å². The van der Waals surface area contributed by atoms with Gasteiger partial charge in [0.05, 0.1) is 14.2 Å². The number of esters is 2. The summed E-state index contributed by atoms with van der Waals surface area (Å²) in [5.41, 5.74) is -7.39. The van der Waals surface area contributed by atoms with Crippen molar-refractivity contribution in [1.29, 1.82) is 0 Å². The molecule has 8 nitrogen and oxygen atoms in total. The van der Waals surface area contributed by atoms with Gasteiger partial charge >= 0.3 is 27.6 Å². The van der Waals surface area contributed by atoms with Crippen LogP contribution in [0.5, 0.6) is 11.5 Å². The third-order valence-corrected chi connectivity index (χ3v) is 5.86. The fourth-order valence-corrected chi connectivity index (χ4v) is 3.93. The van der Waals surface area contributed by atoms with Gasteiger partial charge in [-0.05, 0) is 17.2 Å². The largest absolute Gasteiger partial charge is 0.534 e. The number of hydrogen-bond donors (Lipinski definition) is 0. The summed E-state index contributed by atoms with van der Waals surface area (Å²) < 4.78 is 81.4. The highest BCUT2D eigenvalue weighted by Crippen LogP contribution is 2.51. The first-order chi connectivity index (χ1) is 15.0. The standard InChI is InChI=1S/C20H17F3O8S/c1-28-17(24)19(18(25)29-2)11-13-9-6-10-14(31-32(26,27)20(21,22)23)15(13)30-16(19)12-7-4-3-5-8-12/h3-10,16H,11H2,1-2H3. The molecule has 0 aromatic heterocycles. The number of alkyl halides is 3. The second kappa shape index (κ2) is 8.34. The predicted molar refractivity (Wildman–Crippen MR) is 102 cm³/mol. The van der Waals surface area contributed by atoms with Crippen LogP contribution in [0.2, 0.25) is 0 Å². The Morgan fingerprint density at radius 1 is 1.00 bits per heavy atom. The van der Waals surface area contributed by atoms with E-state index < -0.39 is 51.3 Å². The summed E-state index contributed by atoms with van der Waals surface area (Å²) in [6.07, 6.45) is -1.83. The van der Waals surface area contributed by atoms with E-state index in [0.29, 0.717) is 5.56 Å². The number of carbonyl (C=O) groups is 2. The first-order valence-corrected chi connectivity index (χ1v) is 10.4. The van der Waals surface area contributed by atoms with Crippen LogP contribution in [0.1, 0.15) is 17.2 Å². The minimum Gasteiger partial charge on any atom is -0.480 e. The van der Waals surface area contributed by atoms with Crippen molar-refractivity contribution in [3.8, 4) is 11.5 Å². The van der Waals surface area contributed by atoms with E-state index in [0.717, 1.165) is 20.3 Å². The average molecular weight is 474 g/mol. The Hall–Kier alpha value is -3.28. The quantitative estimate of drug-likeness (QED) is 0.282. The molecule has 0 bridgehead atoms. The normalized spacial score (nSPS) is 17.5. The predicted octanol–water partition coefficient (Wildman–Crippen LogP) is 2.92. The SMILES string of the molecule is COC(=O)C1(C(=O)OC)Cc2cccc(OS(=O)(=O)C(F)(F)F)c2OC1c1ccccc1. The molecule has 1 atom stereocenters. The van der Waals surface area contributed by atoms with Gasteiger partial charge in [0.25, 0.3) is 0 Å². The summed E-state index contributed by atoms with van der Waals surface area (Å²) in [6.45, 7) is 0. The van der Waals surface area contributed by atoms with Crippen molar-refractivity contribution in [2.75, 3.05) is 14.2 Å². The molecule has 0 N–H and O–H groups in total. The van der Waals surface area contributed by atoms with Crippen LogP contribution < -0.4 is 8.92 Å². The van der Waals surface area contributed by atoms with Crippen molar-refractivity contribution < 1.29 is 49.6 Å². The van der Waals surface area contributed by atoms with Crippen molar-refractivity contribution in [2.24, 2.45) is 5.41 Å². The Bertz CT molecular complexity index is 1110. The van der Waals surface area contributed by atoms with Gasteiger partial charge in [0.1, 0.15) is 0 Å². The summed E-state index contributed by atoms with van der Waals surface area (Å²) in [6, 6.07) is 11.4. The van der Waals surface area contributed by atoms with Crippen molar-refractivity contribution in [3.05, 3.63) is 59.7 Å². The van der Waals surface area contributed by atoms with Gasteiger partial charge in [-0.15, -0.1) is 0 Å². The molecule has 1 heterocycles. The topological polar surface area (TPSA) is 105 Å². The zero-order chi connectivity index (χ0) is 23.7. The third kappa shape index (κ3) is 3.85. The van der Waals surface area contributed by atoms with Crippen molar-refractivity contribution >= 4 is 22.1 Å². The Morgan fingerprint density at radius 2 is 1.59 bits per heavy atom. The molecule has 0 fully saturated rings. The van der Waals surface area contributed by atoms with Crippen LogP contribution >= 0.6 is 0 Å². The summed E-state index contributed by atoms with van der Waals surface area (Å²) >= 11 is 0. The van der Waals surface area contributed by atoms with Gasteiger partial charge in [-0.1, -0.05) is 42.5 Å². The van der Waals surface area contributed by atoms with E-state index in [1.165, 1.54) is 24.3 Å². The number of halogens is 3. The van der Waals surface area contributed by atoms with Gasteiger partial charge in [0.2, 0.25) is 5.41 Å². The lowest BCUT2D eigenvalue weighted by atomic mass is 9.72. The third-order valence-electron chi connectivity index (χ3n) is 4.90. The van der Waals surface area contributed by atoms with E-state index in [2.05, 4.69) is 4.18 Å². The highest BCUT2D eigenvalue weighted by atomic mass is 32.2. The fraction of sp³-hybridized carbons (Fsp3) is 0.300. The lowest BCUT2D eigenvalue weighted by molar-refractivity contribution is -0.179. The summed E-state index contributed by atoms with van der Waals surface area (Å²) in [4.78, 5) is 25.7. The number of para-hydroxylation sites is 1. The Kier molecular flexibility index (Phi) is 6.09. The van der Waals surface area contributed by atoms with E-state index >= 15 is 0 Å². The second-order valence-electron chi connectivity index (χ2n) is 6.77. The smallest absolute Gasteiger partial charge is 0.480 e. The molecule has 0 radical (unpaired) electrons. The van der Waals surface area contributed by atoms with Gasteiger partial charge in [0, 0.05) is 6.42 Å². The van der Waals surface area contributed by atoms with Gasteiger partial charge in [-0.25, -0.2) is 0 Å². The van der Waals surface area contributed by atoms with E-state index in [-0.39, 0.29) is 11.3 Å². The molecule has 1 aliphatic heterocycles. The highest BCUT2D eigenvalue weighted by Gasteiger charge is 2.60. The molecule has 1 aliphatic rings. The van der Waals surface area contributed by atoms with Gasteiger partial charge in [-0.2, -0.15) is 21.6 Å². The molecule has 2 aromatic rings.